The number of hydrogen-bond acceptors (Lipinski definition) is 3. The molecule has 1 aromatic heterocycles. The van der Waals surface area contributed by atoms with E-state index in [2.05, 4.69) is 41.6 Å². The van der Waals surface area contributed by atoms with Gasteiger partial charge in [0.15, 0.2) is 5.16 Å². The molecule has 1 aromatic carbocycles. The van der Waals surface area contributed by atoms with Gasteiger partial charge >= 0.3 is 5.97 Å². The lowest BCUT2D eigenvalue weighted by Gasteiger charge is -2.16. The number of hydrogen-bond donors (Lipinski definition) is 1. The Kier molecular flexibility index (Phi) is 3.69. The first-order valence-corrected chi connectivity index (χ1v) is 8.33. The van der Waals surface area contributed by atoms with Gasteiger partial charge in [-0.15, -0.1) is 0 Å². The van der Waals surface area contributed by atoms with E-state index in [1.165, 1.54) is 36.6 Å². The van der Waals surface area contributed by atoms with E-state index in [-0.39, 0.29) is 5.75 Å². The molecule has 2 aromatic rings. The summed E-state index contributed by atoms with van der Waals surface area (Å²) in [6.07, 6.45) is 3.69. The summed E-state index contributed by atoms with van der Waals surface area (Å²) in [5.74, 6) is -0.743. The number of nitrogens with zero attached hydrogens (tertiary/aromatic N) is 2. The molecule has 0 aliphatic heterocycles. The van der Waals surface area contributed by atoms with Gasteiger partial charge in [0.25, 0.3) is 0 Å². The third-order valence-electron chi connectivity index (χ3n) is 4.39. The Balaban J connectivity index is 2.00. The zero-order valence-corrected chi connectivity index (χ0v) is 13.2. The number of rotatable bonds is 6. The number of fused-ring (bicyclic) bond motifs is 1. The number of thioether (sulfide) groups is 1. The van der Waals surface area contributed by atoms with Crippen molar-refractivity contribution in [2.45, 2.75) is 44.8 Å². The van der Waals surface area contributed by atoms with Crippen molar-refractivity contribution in [3.05, 3.63) is 23.8 Å². The first-order valence-electron chi connectivity index (χ1n) is 7.34. The third-order valence-corrected chi connectivity index (χ3v) is 5.36. The highest BCUT2D eigenvalue weighted by Gasteiger charge is 2.41. The molecule has 5 heteroatoms. The van der Waals surface area contributed by atoms with Crippen LogP contribution in [-0.2, 0) is 11.3 Å². The Bertz CT molecular complexity index is 689. The first kappa shape index (κ1) is 14.4. The Labute approximate surface area is 128 Å². The van der Waals surface area contributed by atoms with E-state index in [1.807, 2.05) is 0 Å². The van der Waals surface area contributed by atoms with E-state index in [0.29, 0.717) is 5.41 Å². The number of aliphatic carboxylic acids is 1. The average Bonchev–Trinajstić information content (AvgIpc) is 3.14. The second-order valence-corrected chi connectivity index (χ2v) is 6.95. The van der Waals surface area contributed by atoms with Crippen LogP contribution in [0.15, 0.2) is 23.4 Å². The molecule has 1 aliphatic rings. The van der Waals surface area contributed by atoms with Gasteiger partial charge < -0.3 is 9.67 Å². The number of aryl methyl sites for hydroxylation is 1. The average molecular weight is 304 g/mol. The Morgan fingerprint density at radius 2 is 2.24 bits per heavy atom. The van der Waals surface area contributed by atoms with Crippen LogP contribution >= 0.6 is 11.8 Å². The van der Waals surface area contributed by atoms with Gasteiger partial charge in [0, 0.05) is 6.54 Å². The SMILES string of the molecule is CCC1(Cn2c(SCC(=O)O)nc3cc(C)ccc32)CC1. The summed E-state index contributed by atoms with van der Waals surface area (Å²) in [5, 5.41) is 9.75. The number of aromatic nitrogens is 2. The van der Waals surface area contributed by atoms with Crippen molar-refractivity contribution in [2.75, 3.05) is 5.75 Å². The monoisotopic (exact) mass is 304 g/mol. The lowest BCUT2D eigenvalue weighted by molar-refractivity contribution is -0.133. The summed E-state index contributed by atoms with van der Waals surface area (Å²) < 4.78 is 2.22. The normalized spacial score (nSPS) is 16.3. The number of carboxylic acid groups (broad SMARTS) is 1. The van der Waals surface area contributed by atoms with Gasteiger partial charge in [-0.3, -0.25) is 4.79 Å². The van der Waals surface area contributed by atoms with Gasteiger partial charge in [-0.05, 0) is 49.3 Å². The Morgan fingerprint density at radius 3 is 2.86 bits per heavy atom. The van der Waals surface area contributed by atoms with E-state index >= 15 is 0 Å². The molecular formula is C16H20N2O2S. The number of carbonyl (C=O) groups is 1. The molecule has 21 heavy (non-hydrogen) atoms. The van der Waals surface area contributed by atoms with Gasteiger partial charge in [-0.25, -0.2) is 4.98 Å². The van der Waals surface area contributed by atoms with Gasteiger partial charge in [-0.1, -0.05) is 24.8 Å². The van der Waals surface area contributed by atoms with Crippen molar-refractivity contribution in [2.24, 2.45) is 5.41 Å². The van der Waals surface area contributed by atoms with Crippen molar-refractivity contribution in [3.8, 4) is 0 Å². The van der Waals surface area contributed by atoms with E-state index in [1.54, 1.807) is 0 Å². The summed E-state index contributed by atoms with van der Waals surface area (Å²) in [7, 11) is 0. The van der Waals surface area contributed by atoms with E-state index in [9.17, 15) is 4.79 Å². The van der Waals surface area contributed by atoms with Crippen LogP contribution in [0.3, 0.4) is 0 Å². The Hall–Kier alpha value is -1.49. The van der Waals surface area contributed by atoms with Crippen LogP contribution < -0.4 is 0 Å². The maximum Gasteiger partial charge on any atom is 0.313 e. The van der Waals surface area contributed by atoms with Gasteiger partial charge in [0.2, 0.25) is 0 Å². The summed E-state index contributed by atoms with van der Waals surface area (Å²) in [6, 6.07) is 6.27. The van der Waals surface area contributed by atoms with Crippen molar-refractivity contribution < 1.29 is 9.90 Å². The fourth-order valence-electron chi connectivity index (χ4n) is 2.74. The fraction of sp³-hybridized carbons (Fsp3) is 0.500. The summed E-state index contributed by atoms with van der Waals surface area (Å²) >= 11 is 1.32. The second kappa shape index (κ2) is 5.37. The minimum atomic E-state index is -0.800. The number of carboxylic acids is 1. The largest absolute Gasteiger partial charge is 0.481 e. The van der Waals surface area contributed by atoms with Crippen LogP contribution in [0, 0.1) is 12.3 Å². The zero-order valence-electron chi connectivity index (χ0n) is 12.4. The molecule has 3 rings (SSSR count). The first-order chi connectivity index (χ1) is 10.0. The molecule has 0 radical (unpaired) electrons. The molecule has 0 unspecified atom stereocenters. The van der Waals surface area contributed by atoms with Gasteiger partial charge in [0.05, 0.1) is 16.8 Å². The highest BCUT2D eigenvalue weighted by Crippen LogP contribution is 2.50. The fourth-order valence-corrected chi connectivity index (χ4v) is 3.48. The maximum absolute atomic E-state index is 10.8. The summed E-state index contributed by atoms with van der Waals surface area (Å²) in [5.41, 5.74) is 3.67. The lowest BCUT2D eigenvalue weighted by atomic mass is 10.0. The van der Waals surface area contributed by atoms with Crippen molar-refractivity contribution >= 4 is 28.8 Å². The summed E-state index contributed by atoms with van der Waals surface area (Å²) in [4.78, 5) is 15.5. The molecule has 1 N–H and O–H groups in total. The molecule has 0 amide bonds. The van der Waals surface area contributed by atoms with Crippen molar-refractivity contribution in [3.63, 3.8) is 0 Å². The topological polar surface area (TPSA) is 55.1 Å². The molecule has 1 fully saturated rings. The van der Waals surface area contributed by atoms with Crippen LogP contribution in [-0.4, -0.2) is 26.4 Å². The molecular weight excluding hydrogens is 284 g/mol. The van der Waals surface area contributed by atoms with E-state index < -0.39 is 5.97 Å². The maximum atomic E-state index is 10.8. The Morgan fingerprint density at radius 1 is 1.48 bits per heavy atom. The standard InChI is InChI=1S/C16H20N2O2S/c1-3-16(6-7-16)10-18-13-5-4-11(2)8-12(13)17-15(18)21-9-14(19)20/h4-5,8H,3,6-7,9-10H2,1-2H3,(H,19,20). The molecule has 0 saturated heterocycles. The van der Waals surface area contributed by atoms with Gasteiger partial charge in [0.1, 0.15) is 0 Å². The molecule has 0 bridgehead atoms. The molecule has 0 atom stereocenters. The molecule has 1 heterocycles. The van der Waals surface area contributed by atoms with Crippen LogP contribution in [0.4, 0.5) is 0 Å². The quantitative estimate of drug-likeness (QED) is 0.827. The van der Waals surface area contributed by atoms with Crippen molar-refractivity contribution in [1.82, 2.24) is 9.55 Å². The molecule has 4 nitrogen and oxygen atoms in total. The molecule has 112 valence electrons. The molecule has 1 aliphatic carbocycles. The number of imidazole rings is 1. The highest BCUT2D eigenvalue weighted by atomic mass is 32.2. The van der Waals surface area contributed by atoms with Crippen LogP contribution in [0.25, 0.3) is 11.0 Å². The van der Waals surface area contributed by atoms with Crippen LogP contribution in [0.2, 0.25) is 0 Å². The van der Waals surface area contributed by atoms with Crippen molar-refractivity contribution in [1.29, 1.82) is 0 Å². The molecule has 0 spiro atoms. The van der Waals surface area contributed by atoms with Crippen LogP contribution in [0.1, 0.15) is 31.7 Å². The number of benzene rings is 1. The smallest absolute Gasteiger partial charge is 0.313 e. The van der Waals surface area contributed by atoms with Crippen LogP contribution in [0.5, 0.6) is 0 Å². The second-order valence-electron chi connectivity index (χ2n) is 6.01. The minimum absolute atomic E-state index is 0.0570. The zero-order chi connectivity index (χ0) is 15.0. The highest BCUT2D eigenvalue weighted by molar-refractivity contribution is 7.99. The summed E-state index contributed by atoms with van der Waals surface area (Å²) in [6.45, 7) is 5.24. The van der Waals surface area contributed by atoms with E-state index in [4.69, 9.17) is 5.11 Å². The predicted molar refractivity (Wildman–Crippen MR) is 84.8 cm³/mol. The minimum Gasteiger partial charge on any atom is -0.481 e. The lowest BCUT2D eigenvalue weighted by Crippen LogP contribution is -2.12. The predicted octanol–water partition coefficient (Wildman–Crippen LogP) is 3.71. The third kappa shape index (κ3) is 2.93. The van der Waals surface area contributed by atoms with E-state index in [0.717, 1.165) is 22.7 Å². The van der Waals surface area contributed by atoms with Gasteiger partial charge in [-0.2, -0.15) is 0 Å². The molecule has 1 saturated carbocycles.